The van der Waals surface area contributed by atoms with Crippen molar-refractivity contribution in [3.05, 3.63) is 23.4 Å². The Bertz CT molecular complexity index is 366. The lowest BCUT2D eigenvalue weighted by atomic mass is 10.1. The molecule has 0 spiro atoms. The Morgan fingerprint density at radius 1 is 1.67 bits per heavy atom. The first-order valence-electron chi connectivity index (χ1n) is 4.62. The van der Waals surface area contributed by atoms with Crippen LogP contribution in [0.5, 0.6) is 0 Å². The molecule has 0 fully saturated rings. The maximum absolute atomic E-state index is 11.0. The molecule has 5 nitrogen and oxygen atoms in total. The average Bonchev–Trinajstić information content (AvgIpc) is 2.17. The highest BCUT2D eigenvalue weighted by Crippen LogP contribution is 2.17. The largest absolute Gasteiger partial charge is 0.478 e. The summed E-state index contributed by atoms with van der Waals surface area (Å²) >= 11 is 0. The highest BCUT2D eigenvalue weighted by molar-refractivity contribution is 5.94. The van der Waals surface area contributed by atoms with Gasteiger partial charge in [0.1, 0.15) is 11.4 Å². The molecule has 0 saturated carbocycles. The molecule has 0 bridgehead atoms. The minimum atomic E-state index is -1.02. The summed E-state index contributed by atoms with van der Waals surface area (Å²) in [5.41, 5.74) is 0.794. The third kappa shape index (κ3) is 2.66. The van der Waals surface area contributed by atoms with Gasteiger partial charge in [0.25, 0.3) is 0 Å². The number of hydrogen-bond acceptors (Lipinski definition) is 4. The third-order valence-corrected chi connectivity index (χ3v) is 2.03. The minimum absolute atomic E-state index is 0.0747. The van der Waals surface area contributed by atoms with Crippen LogP contribution in [0.25, 0.3) is 0 Å². The molecule has 1 unspecified atom stereocenters. The number of aliphatic hydroxyl groups excluding tert-OH is 1. The maximum Gasteiger partial charge on any atom is 0.339 e. The number of anilines is 1. The van der Waals surface area contributed by atoms with E-state index >= 15 is 0 Å². The second kappa shape index (κ2) is 4.75. The standard InChI is InChI=1S/C10H14N2O3/c1-6-3-4-11-9(8(6)10(14)15)12-7(2)5-13/h3-4,7,13H,5H2,1-2H3,(H,11,12)(H,14,15). The van der Waals surface area contributed by atoms with Crippen LogP contribution in [0, 0.1) is 6.92 Å². The van der Waals surface area contributed by atoms with Crippen molar-refractivity contribution in [3.8, 4) is 0 Å². The Labute approximate surface area is 87.8 Å². The number of carbonyl (C=O) groups is 1. The van der Waals surface area contributed by atoms with Crippen LogP contribution >= 0.6 is 0 Å². The predicted octanol–water partition coefficient (Wildman–Crippen LogP) is 0.881. The van der Waals surface area contributed by atoms with Crippen LogP contribution in [0.3, 0.4) is 0 Å². The van der Waals surface area contributed by atoms with Gasteiger partial charge in [-0.2, -0.15) is 0 Å². The van der Waals surface area contributed by atoms with Gasteiger partial charge in [0.05, 0.1) is 6.61 Å². The molecule has 0 aliphatic heterocycles. The summed E-state index contributed by atoms with van der Waals surface area (Å²) < 4.78 is 0. The normalized spacial score (nSPS) is 12.2. The fourth-order valence-corrected chi connectivity index (χ4v) is 1.22. The van der Waals surface area contributed by atoms with Crippen molar-refractivity contribution in [2.75, 3.05) is 11.9 Å². The van der Waals surface area contributed by atoms with E-state index in [1.54, 1.807) is 19.9 Å². The number of nitrogens with one attached hydrogen (secondary N) is 1. The third-order valence-electron chi connectivity index (χ3n) is 2.03. The molecule has 1 atom stereocenters. The van der Waals surface area contributed by atoms with E-state index in [4.69, 9.17) is 10.2 Å². The number of hydrogen-bond donors (Lipinski definition) is 3. The second-order valence-electron chi connectivity index (χ2n) is 3.38. The quantitative estimate of drug-likeness (QED) is 0.687. The van der Waals surface area contributed by atoms with Crippen LogP contribution in [-0.4, -0.2) is 33.8 Å². The molecule has 5 heteroatoms. The summed E-state index contributed by atoms with van der Waals surface area (Å²) in [4.78, 5) is 14.9. The summed E-state index contributed by atoms with van der Waals surface area (Å²) in [7, 11) is 0. The SMILES string of the molecule is Cc1ccnc(NC(C)CO)c1C(=O)O. The molecule has 1 aromatic heterocycles. The fraction of sp³-hybridized carbons (Fsp3) is 0.400. The van der Waals surface area contributed by atoms with E-state index in [2.05, 4.69) is 10.3 Å². The zero-order valence-electron chi connectivity index (χ0n) is 8.69. The number of nitrogens with zero attached hydrogens (tertiary/aromatic N) is 1. The molecule has 0 radical (unpaired) electrons. The number of aliphatic hydroxyl groups is 1. The number of aryl methyl sites for hydroxylation is 1. The van der Waals surface area contributed by atoms with E-state index in [1.165, 1.54) is 6.20 Å². The van der Waals surface area contributed by atoms with Crippen molar-refractivity contribution in [3.63, 3.8) is 0 Å². The molecule has 3 N–H and O–H groups in total. The van der Waals surface area contributed by atoms with Crippen LogP contribution in [0.15, 0.2) is 12.3 Å². The van der Waals surface area contributed by atoms with Crippen molar-refractivity contribution >= 4 is 11.8 Å². The molecular weight excluding hydrogens is 196 g/mol. The highest BCUT2D eigenvalue weighted by Gasteiger charge is 2.15. The van der Waals surface area contributed by atoms with Crippen molar-refractivity contribution in [1.82, 2.24) is 4.98 Å². The van der Waals surface area contributed by atoms with Gasteiger partial charge in [-0.3, -0.25) is 0 Å². The van der Waals surface area contributed by atoms with E-state index < -0.39 is 5.97 Å². The first kappa shape index (κ1) is 11.5. The first-order valence-corrected chi connectivity index (χ1v) is 4.62. The summed E-state index contributed by atoms with van der Waals surface area (Å²) in [5.74, 6) is -0.725. The Morgan fingerprint density at radius 3 is 2.87 bits per heavy atom. The summed E-state index contributed by atoms with van der Waals surface area (Å²) in [6, 6.07) is 1.41. The monoisotopic (exact) mass is 210 g/mol. The summed E-state index contributed by atoms with van der Waals surface area (Å²) in [6.45, 7) is 3.38. The van der Waals surface area contributed by atoms with Crippen molar-refractivity contribution in [2.45, 2.75) is 19.9 Å². The van der Waals surface area contributed by atoms with Crippen molar-refractivity contribution < 1.29 is 15.0 Å². The zero-order chi connectivity index (χ0) is 11.4. The van der Waals surface area contributed by atoms with E-state index in [0.29, 0.717) is 11.4 Å². The Kier molecular flexibility index (Phi) is 3.62. The van der Waals surface area contributed by atoms with Crippen molar-refractivity contribution in [2.24, 2.45) is 0 Å². The topological polar surface area (TPSA) is 82.5 Å². The van der Waals surface area contributed by atoms with Gasteiger partial charge in [-0.25, -0.2) is 9.78 Å². The minimum Gasteiger partial charge on any atom is -0.478 e. The van der Waals surface area contributed by atoms with Gasteiger partial charge >= 0.3 is 5.97 Å². The lowest BCUT2D eigenvalue weighted by Gasteiger charge is -2.14. The lowest BCUT2D eigenvalue weighted by Crippen LogP contribution is -2.22. The molecule has 1 aromatic rings. The van der Waals surface area contributed by atoms with Gasteiger partial charge in [-0.15, -0.1) is 0 Å². The Balaban J connectivity index is 3.06. The van der Waals surface area contributed by atoms with Crippen molar-refractivity contribution in [1.29, 1.82) is 0 Å². The number of aromatic carboxylic acids is 1. The zero-order valence-corrected chi connectivity index (χ0v) is 8.69. The second-order valence-corrected chi connectivity index (χ2v) is 3.38. The van der Waals surface area contributed by atoms with Crippen LogP contribution in [0.2, 0.25) is 0 Å². The molecule has 0 amide bonds. The highest BCUT2D eigenvalue weighted by atomic mass is 16.4. The van der Waals surface area contributed by atoms with Crippen LogP contribution < -0.4 is 5.32 Å². The molecule has 0 saturated heterocycles. The lowest BCUT2D eigenvalue weighted by molar-refractivity contribution is 0.0696. The number of aromatic nitrogens is 1. The smallest absolute Gasteiger partial charge is 0.339 e. The van der Waals surface area contributed by atoms with Gasteiger partial charge < -0.3 is 15.5 Å². The average molecular weight is 210 g/mol. The van der Waals surface area contributed by atoms with E-state index in [0.717, 1.165) is 0 Å². The van der Waals surface area contributed by atoms with Crippen LogP contribution in [-0.2, 0) is 0 Å². The Morgan fingerprint density at radius 2 is 2.33 bits per heavy atom. The molecule has 82 valence electrons. The van der Waals surface area contributed by atoms with E-state index in [-0.39, 0.29) is 18.2 Å². The molecular formula is C10H14N2O3. The summed E-state index contributed by atoms with van der Waals surface area (Å²) in [6.07, 6.45) is 1.54. The molecule has 0 aromatic carbocycles. The summed E-state index contributed by atoms with van der Waals surface area (Å²) in [5, 5.41) is 20.7. The fourth-order valence-electron chi connectivity index (χ4n) is 1.22. The molecule has 0 aliphatic rings. The number of carboxylic acids is 1. The van der Waals surface area contributed by atoms with Gasteiger partial charge in [0.15, 0.2) is 0 Å². The number of carboxylic acid groups (broad SMARTS) is 1. The van der Waals surface area contributed by atoms with Gasteiger partial charge in [-0.1, -0.05) is 0 Å². The van der Waals surface area contributed by atoms with Gasteiger partial charge in [-0.05, 0) is 25.5 Å². The van der Waals surface area contributed by atoms with E-state index in [1.807, 2.05) is 0 Å². The predicted molar refractivity (Wildman–Crippen MR) is 56.1 cm³/mol. The van der Waals surface area contributed by atoms with E-state index in [9.17, 15) is 4.79 Å². The van der Waals surface area contributed by atoms with Gasteiger partial charge in [0, 0.05) is 12.2 Å². The van der Waals surface area contributed by atoms with Gasteiger partial charge in [0.2, 0.25) is 0 Å². The number of pyridine rings is 1. The molecule has 0 aliphatic carbocycles. The number of rotatable bonds is 4. The first-order chi connectivity index (χ1) is 7.06. The van der Waals surface area contributed by atoms with Crippen LogP contribution in [0.4, 0.5) is 5.82 Å². The molecule has 1 rings (SSSR count). The van der Waals surface area contributed by atoms with Crippen LogP contribution in [0.1, 0.15) is 22.8 Å². The molecule has 1 heterocycles. The Hall–Kier alpha value is -1.62. The maximum atomic E-state index is 11.0. The molecule has 15 heavy (non-hydrogen) atoms.